The van der Waals surface area contributed by atoms with E-state index in [9.17, 15) is 14.4 Å². The molecule has 4 amide bonds. The van der Waals surface area contributed by atoms with E-state index in [4.69, 9.17) is 11.6 Å². The highest BCUT2D eigenvalue weighted by Crippen LogP contribution is 2.32. The Morgan fingerprint density at radius 1 is 1.11 bits per heavy atom. The molecule has 2 N–H and O–H groups in total. The number of rotatable bonds is 6. The summed E-state index contributed by atoms with van der Waals surface area (Å²) in [4.78, 5) is 38.6. The highest BCUT2D eigenvalue weighted by Gasteiger charge is 2.51. The summed E-state index contributed by atoms with van der Waals surface area (Å²) < 4.78 is 0. The van der Waals surface area contributed by atoms with Crippen molar-refractivity contribution in [3.05, 3.63) is 70.7 Å². The summed E-state index contributed by atoms with van der Waals surface area (Å²) in [7, 11) is 0. The zero-order chi connectivity index (χ0) is 19.4. The number of nitrogens with one attached hydrogen (secondary N) is 2. The van der Waals surface area contributed by atoms with Crippen LogP contribution in [0, 0.1) is 0 Å². The molecular weight excluding hydrogens is 366 g/mol. The number of benzene rings is 2. The summed E-state index contributed by atoms with van der Waals surface area (Å²) in [5, 5.41) is 6.09. The molecule has 0 bridgehead atoms. The van der Waals surface area contributed by atoms with Crippen molar-refractivity contribution >= 4 is 29.4 Å². The van der Waals surface area contributed by atoms with E-state index in [1.54, 1.807) is 36.4 Å². The smallest absolute Gasteiger partial charge is 0.325 e. The number of imide groups is 1. The normalized spacial score (nSPS) is 19.1. The van der Waals surface area contributed by atoms with Crippen molar-refractivity contribution in [1.29, 1.82) is 0 Å². The van der Waals surface area contributed by atoms with E-state index in [0.717, 1.165) is 10.5 Å². The number of carbonyl (C=O) groups is 3. The van der Waals surface area contributed by atoms with Gasteiger partial charge in [0.1, 0.15) is 12.1 Å². The van der Waals surface area contributed by atoms with Gasteiger partial charge in [0, 0.05) is 11.6 Å². The lowest BCUT2D eigenvalue weighted by molar-refractivity contribution is -0.135. The quantitative estimate of drug-likeness (QED) is 0.750. The molecule has 0 aliphatic carbocycles. The first kappa shape index (κ1) is 18.9. The van der Waals surface area contributed by atoms with Gasteiger partial charge < -0.3 is 10.6 Å². The van der Waals surface area contributed by atoms with Crippen LogP contribution in [-0.2, 0) is 21.7 Å². The summed E-state index contributed by atoms with van der Waals surface area (Å²) in [6.45, 7) is 1.79. The second kappa shape index (κ2) is 7.80. The maximum Gasteiger partial charge on any atom is 0.325 e. The topological polar surface area (TPSA) is 78.5 Å². The summed E-state index contributed by atoms with van der Waals surface area (Å²) >= 11 is 5.83. The van der Waals surface area contributed by atoms with Crippen molar-refractivity contribution < 1.29 is 14.4 Å². The third-order valence-electron chi connectivity index (χ3n) is 4.68. The largest absolute Gasteiger partial charge is 0.350 e. The van der Waals surface area contributed by atoms with Crippen LogP contribution < -0.4 is 10.6 Å². The first-order chi connectivity index (χ1) is 13.0. The number of amides is 4. The van der Waals surface area contributed by atoms with Gasteiger partial charge in [0.15, 0.2) is 0 Å². The highest BCUT2D eigenvalue weighted by molar-refractivity contribution is 6.30. The van der Waals surface area contributed by atoms with Crippen molar-refractivity contribution in [1.82, 2.24) is 15.5 Å². The monoisotopic (exact) mass is 385 g/mol. The van der Waals surface area contributed by atoms with E-state index < -0.39 is 23.4 Å². The number of carbonyl (C=O) groups excluding carboxylic acids is 3. The lowest BCUT2D eigenvalue weighted by Gasteiger charge is -2.25. The summed E-state index contributed by atoms with van der Waals surface area (Å²) in [6.07, 6.45) is 0.393. The SMILES string of the molecule is CC[C@@]1(c2ccccc2)NC(=O)N(CC(=O)NCc2ccc(Cl)cc2)C1=O. The lowest BCUT2D eigenvalue weighted by atomic mass is 9.87. The van der Waals surface area contributed by atoms with Crippen molar-refractivity contribution in [2.24, 2.45) is 0 Å². The van der Waals surface area contributed by atoms with Crippen LogP contribution in [0.25, 0.3) is 0 Å². The van der Waals surface area contributed by atoms with Gasteiger partial charge in [0.2, 0.25) is 5.91 Å². The van der Waals surface area contributed by atoms with E-state index in [-0.39, 0.29) is 13.1 Å². The molecule has 1 aliphatic heterocycles. The van der Waals surface area contributed by atoms with E-state index in [2.05, 4.69) is 10.6 Å². The fraction of sp³-hybridized carbons (Fsp3) is 0.250. The molecule has 6 nitrogen and oxygen atoms in total. The predicted octanol–water partition coefficient (Wildman–Crippen LogP) is 2.81. The van der Waals surface area contributed by atoms with Gasteiger partial charge >= 0.3 is 6.03 Å². The number of urea groups is 1. The lowest BCUT2D eigenvalue weighted by Crippen LogP contribution is -2.44. The number of halogens is 1. The molecule has 0 unspecified atom stereocenters. The molecule has 140 valence electrons. The average molecular weight is 386 g/mol. The first-order valence-electron chi connectivity index (χ1n) is 8.67. The fourth-order valence-corrected chi connectivity index (χ4v) is 3.26. The van der Waals surface area contributed by atoms with E-state index in [1.165, 1.54) is 0 Å². The fourth-order valence-electron chi connectivity index (χ4n) is 3.13. The molecule has 1 heterocycles. The molecule has 0 aromatic heterocycles. The maximum absolute atomic E-state index is 13.0. The Bertz CT molecular complexity index is 855. The molecule has 7 heteroatoms. The maximum atomic E-state index is 13.0. The van der Waals surface area contributed by atoms with Crippen molar-refractivity contribution in [3.63, 3.8) is 0 Å². The van der Waals surface area contributed by atoms with E-state index in [0.29, 0.717) is 17.0 Å². The zero-order valence-electron chi connectivity index (χ0n) is 14.9. The van der Waals surface area contributed by atoms with E-state index >= 15 is 0 Å². The number of hydrogen-bond donors (Lipinski definition) is 2. The van der Waals surface area contributed by atoms with Crippen LogP contribution in [-0.4, -0.2) is 29.3 Å². The van der Waals surface area contributed by atoms with Gasteiger partial charge in [-0.15, -0.1) is 0 Å². The first-order valence-corrected chi connectivity index (χ1v) is 9.05. The van der Waals surface area contributed by atoms with Gasteiger partial charge in [-0.25, -0.2) is 4.79 Å². The summed E-state index contributed by atoms with van der Waals surface area (Å²) in [5.74, 6) is -0.823. The van der Waals surface area contributed by atoms with Crippen molar-refractivity contribution in [2.45, 2.75) is 25.4 Å². The molecule has 1 aliphatic rings. The molecule has 2 aromatic rings. The molecule has 0 spiro atoms. The van der Waals surface area contributed by atoms with Gasteiger partial charge in [-0.3, -0.25) is 14.5 Å². The second-order valence-electron chi connectivity index (χ2n) is 6.35. The van der Waals surface area contributed by atoms with Crippen LogP contribution in [0.15, 0.2) is 54.6 Å². The Morgan fingerprint density at radius 3 is 2.41 bits per heavy atom. The molecule has 0 radical (unpaired) electrons. The molecule has 2 aromatic carbocycles. The minimum Gasteiger partial charge on any atom is -0.350 e. The Morgan fingerprint density at radius 2 is 1.78 bits per heavy atom. The Hall–Kier alpha value is -2.86. The minimum atomic E-state index is -1.13. The van der Waals surface area contributed by atoms with Crippen LogP contribution in [0.2, 0.25) is 5.02 Å². The Kier molecular flexibility index (Phi) is 5.46. The van der Waals surface area contributed by atoms with Gasteiger partial charge in [-0.2, -0.15) is 0 Å². The highest BCUT2D eigenvalue weighted by atomic mass is 35.5. The van der Waals surface area contributed by atoms with Crippen molar-refractivity contribution in [2.75, 3.05) is 6.54 Å². The standard InChI is InChI=1S/C20H20ClN3O3/c1-2-20(15-6-4-3-5-7-15)18(26)24(19(27)23-20)13-17(25)22-12-14-8-10-16(21)11-9-14/h3-11H,2,12-13H2,1H3,(H,22,25)(H,23,27)/t20-/m0/s1. The number of hydrogen-bond acceptors (Lipinski definition) is 3. The molecular formula is C20H20ClN3O3. The predicted molar refractivity (Wildman–Crippen MR) is 102 cm³/mol. The third kappa shape index (κ3) is 3.80. The molecule has 0 saturated carbocycles. The van der Waals surface area contributed by atoms with E-state index in [1.807, 2.05) is 25.1 Å². The molecule has 1 saturated heterocycles. The van der Waals surface area contributed by atoms with Gasteiger partial charge in [0.25, 0.3) is 5.91 Å². The van der Waals surface area contributed by atoms with Gasteiger partial charge in [0.05, 0.1) is 0 Å². The minimum absolute atomic E-state index is 0.289. The van der Waals surface area contributed by atoms with Crippen LogP contribution in [0.3, 0.4) is 0 Å². The molecule has 1 atom stereocenters. The second-order valence-corrected chi connectivity index (χ2v) is 6.79. The van der Waals surface area contributed by atoms with Crippen LogP contribution in [0.1, 0.15) is 24.5 Å². The van der Waals surface area contributed by atoms with Crippen LogP contribution in [0.5, 0.6) is 0 Å². The van der Waals surface area contributed by atoms with Crippen LogP contribution in [0.4, 0.5) is 4.79 Å². The molecule has 27 heavy (non-hydrogen) atoms. The van der Waals surface area contributed by atoms with Crippen LogP contribution >= 0.6 is 11.6 Å². The van der Waals surface area contributed by atoms with Gasteiger partial charge in [-0.1, -0.05) is 61.0 Å². The molecule has 3 rings (SSSR count). The Balaban J connectivity index is 1.68. The average Bonchev–Trinajstić information content (AvgIpc) is 2.93. The van der Waals surface area contributed by atoms with Gasteiger partial charge in [-0.05, 0) is 29.7 Å². The van der Waals surface area contributed by atoms with Crippen molar-refractivity contribution in [3.8, 4) is 0 Å². The Labute approximate surface area is 162 Å². The third-order valence-corrected chi connectivity index (χ3v) is 4.93. The summed E-state index contributed by atoms with van der Waals surface area (Å²) in [5.41, 5.74) is 0.446. The summed E-state index contributed by atoms with van der Waals surface area (Å²) in [6, 6.07) is 15.6. The number of nitrogens with zero attached hydrogens (tertiary/aromatic N) is 1. The zero-order valence-corrected chi connectivity index (χ0v) is 15.6. The molecule has 1 fully saturated rings.